The van der Waals surface area contributed by atoms with Gasteiger partial charge in [-0.25, -0.2) is 4.85 Å². The molecule has 43 heavy (non-hydrogen) atoms. The normalized spacial score (nSPS) is 17.8. The average Bonchev–Trinajstić information content (AvgIpc) is 3.43. The molecule has 0 N–H and O–H groups in total. The third-order valence-corrected chi connectivity index (χ3v) is 9.80. The molecule has 1 fully saturated rings. The summed E-state index contributed by atoms with van der Waals surface area (Å²) in [5.74, 6) is 1.70. The number of nitrogens with zero attached hydrogens (tertiary/aromatic N) is 1. The van der Waals surface area contributed by atoms with Gasteiger partial charge in [0.2, 0.25) is 0 Å². The van der Waals surface area contributed by atoms with E-state index in [-0.39, 0.29) is 0 Å². The van der Waals surface area contributed by atoms with E-state index >= 15 is 0 Å². The molecule has 1 saturated heterocycles. The van der Waals surface area contributed by atoms with Crippen molar-refractivity contribution in [2.24, 2.45) is 0 Å². The molecule has 0 atom stereocenters. The zero-order valence-electron chi connectivity index (χ0n) is 24.6. The van der Waals surface area contributed by atoms with Crippen LogP contribution in [0.2, 0.25) is 0 Å². The fourth-order valence-electron chi connectivity index (χ4n) is 6.98. The SMILES string of the molecule is [C-]#[N+]c1cccc(-c2ccc3c(c2)C2(c4ccccc4Oc4ccccc42)c2cc(B4OC(C)(C)C(C)(C)O4)ccc2-3)c1. The maximum atomic E-state index is 7.56. The van der Waals surface area contributed by atoms with E-state index < -0.39 is 23.7 Å². The fraction of sp³-hybridized carbons (Fsp3) is 0.184. The number of hydrogen-bond donors (Lipinski definition) is 0. The van der Waals surface area contributed by atoms with Crippen LogP contribution in [0.4, 0.5) is 5.69 Å². The lowest BCUT2D eigenvalue weighted by atomic mass is 9.64. The summed E-state index contributed by atoms with van der Waals surface area (Å²) in [5, 5.41) is 0. The quantitative estimate of drug-likeness (QED) is 0.157. The number of para-hydroxylation sites is 2. The number of benzene rings is 5. The molecular weight excluding hydrogens is 529 g/mol. The van der Waals surface area contributed by atoms with Crippen LogP contribution in [-0.4, -0.2) is 18.3 Å². The highest BCUT2D eigenvalue weighted by atomic mass is 16.7. The zero-order chi connectivity index (χ0) is 29.6. The van der Waals surface area contributed by atoms with Gasteiger partial charge in [-0.3, -0.25) is 0 Å². The molecule has 208 valence electrons. The van der Waals surface area contributed by atoms with Crippen LogP contribution in [0.1, 0.15) is 49.9 Å². The Labute approximate surface area is 252 Å². The van der Waals surface area contributed by atoms with Crippen LogP contribution >= 0.6 is 0 Å². The minimum atomic E-state index is -0.622. The Morgan fingerprint density at radius 3 is 1.81 bits per heavy atom. The van der Waals surface area contributed by atoms with E-state index in [0.29, 0.717) is 5.69 Å². The van der Waals surface area contributed by atoms with E-state index in [2.05, 4.69) is 111 Å². The Balaban J connectivity index is 1.43. The van der Waals surface area contributed by atoms with Crippen molar-refractivity contribution in [1.29, 1.82) is 0 Å². The molecule has 0 saturated carbocycles. The van der Waals surface area contributed by atoms with E-state index in [1.807, 2.05) is 30.3 Å². The second kappa shape index (κ2) is 8.94. The molecule has 0 bridgehead atoms. The van der Waals surface area contributed by atoms with E-state index in [1.165, 1.54) is 22.3 Å². The summed E-state index contributed by atoms with van der Waals surface area (Å²) < 4.78 is 19.6. The predicted molar refractivity (Wildman–Crippen MR) is 171 cm³/mol. The van der Waals surface area contributed by atoms with Crippen LogP contribution in [-0.2, 0) is 14.7 Å². The van der Waals surface area contributed by atoms with Crippen LogP contribution in [0.3, 0.4) is 0 Å². The molecule has 3 aliphatic rings. The molecule has 2 aliphatic heterocycles. The molecule has 2 heterocycles. The van der Waals surface area contributed by atoms with Gasteiger partial charge in [-0.1, -0.05) is 84.9 Å². The van der Waals surface area contributed by atoms with E-state index in [1.54, 1.807) is 0 Å². The van der Waals surface area contributed by atoms with Crippen molar-refractivity contribution < 1.29 is 14.0 Å². The number of rotatable bonds is 2. The maximum absolute atomic E-state index is 7.56. The first-order chi connectivity index (χ1) is 20.7. The lowest BCUT2D eigenvalue weighted by molar-refractivity contribution is 0.00578. The summed E-state index contributed by atoms with van der Waals surface area (Å²) in [6.07, 6.45) is 0. The Bertz CT molecular complexity index is 1940. The second-order valence-corrected chi connectivity index (χ2v) is 12.7. The highest BCUT2D eigenvalue weighted by Crippen LogP contribution is 2.62. The molecule has 4 nitrogen and oxygen atoms in total. The molecule has 5 aromatic carbocycles. The zero-order valence-corrected chi connectivity index (χ0v) is 24.6. The van der Waals surface area contributed by atoms with Crippen molar-refractivity contribution in [3.05, 3.63) is 143 Å². The van der Waals surface area contributed by atoms with Crippen LogP contribution in [0.15, 0.2) is 109 Å². The van der Waals surface area contributed by atoms with Gasteiger partial charge >= 0.3 is 7.12 Å². The topological polar surface area (TPSA) is 32.0 Å². The molecule has 5 heteroatoms. The van der Waals surface area contributed by atoms with Gasteiger partial charge in [-0.05, 0) is 90.8 Å². The fourth-order valence-corrected chi connectivity index (χ4v) is 6.98. The van der Waals surface area contributed by atoms with Crippen molar-refractivity contribution in [3.63, 3.8) is 0 Å². The molecule has 0 unspecified atom stereocenters. The van der Waals surface area contributed by atoms with Gasteiger partial charge < -0.3 is 14.0 Å². The van der Waals surface area contributed by atoms with Crippen molar-refractivity contribution in [1.82, 2.24) is 0 Å². The lowest BCUT2D eigenvalue weighted by Crippen LogP contribution is -2.41. The summed E-state index contributed by atoms with van der Waals surface area (Å²) in [7, 11) is -0.478. The minimum Gasteiger partial charge on any atom is -0.457 e. The van der Waals surface area contributed by atoms with Gasteiger partial charge in [0.1, 0.15) is 11.5 Å². The van der Waals surface area contributed by atoms with Gasteiger partial charge in [0.25, 0.3) is 0 Å². The Kier molecular flexibility index (Phi) is 5.41. The monoisotopic (exact) mass is 559 g/mol. The van der Waals surface area contributed by atoms with E-state index in [4.69, 9.17) is 20.6 Å². The first-order valence-electron chi connectivity index (χ1n) is 14.7. The minimum absolute atomic E-state index is 0.440. The third kappa shape index (κ3) is 3.58. The van der Waals surface area contributed by atoms with E-state index in [9.17, 15) is 0 Å². The van der Waals surface area contributed by atoms with Crippen LogP contribution in [0.5, 0.6) is 11.5 Å². The Hall–Kier alpha value is -4.63. The van der Waals surface area contributed by atoms with Gasteiger partial charge in [-0.15, -0.1) is 0 Å². The van der Waals surface area contributed by atoms with Crippen LogP contribution < -0.4 is 10.2 Å². The van der Waals surface area contributed by atoms with Crippen LogP contribution in [0, 0.1) is 6.57 Å². The largest absolute Gasteiger partial charge is 0.494 e. The van der Waals surface area contributed by atoms with Crippen molar-refractivity contribution in [2.75, 3.05) is 0 Å². The maximum Gasteiger partial charge on any atom is 0.494 e. The lowest BCUT2D eigenvalue weighted by Gasteiger charge is -2.39. The summed E-state index contributed by atoms with van der Waals surface area (Å²) in [6, 6.07) is 38.0. The smallest absolute Gasteiger partial charge is 0.457 e. The van der Waals surface area contributed by atoms with Gasteiger partial charge in [0, 0.05) is 11.1 Å². The number of ether oxygens (including phenoxy) is 1. The summed E-state index contributed by atoms with van der Waals surface area (Å²) >= 11 is 0. The highest BCUT2D eigenvalue weighted by Gasteiger charge is 2.54. The first-order valence-corrected chi connectivity index (χ1v) is 14.7. The Morgan fingerprint density at radius 2 is 1.16 bits per heavy atom. The summed E-state index contributed by atoms with van der Waals surface area (Å²) in [6.45, 7) is 15.9. The van der Waals surface area contributed by atoms with Crippen molar-refractivity contribution in [3.8, 4) is 33.8 Å². The molecule has 0 amide bonds. The molecular formula is C38H30BNO3. The standard InChI is InChI=1S/C38H30BNO3/c1-36(2)37(3,4)43-39(42-36)26-18-20-29-28-19-17-25(24-11-10-12-27(21-24)40-5)22-32(28)38(33(29)23-26)30-13-6-8-15-34(30)41-35-16-9-7-14-31(35)38/h6-23H,1-4H3. The van der Waals surface area contributed by atoms with Crippen molar-refractivity contribution >= 4 is 18.3 Å². The van der Waals surface area contributed by atoms with Crippen molar-refractivity contribution in [2.45, 2.75) is 44.3 Å². The third-order valence-electron chi connectivity index (χ3n) is 9.80. The molecule has 1 aliphatic carbocycles. The second-order valence-electron chi connectivity index (χ2n) is 12.7. The molecule has 8 rings (SSSR count). The molecule has 0 aromatic heterocycles. The predicted octanol–water partition coefficient (Wildman–Crippen LogP) is 8.67. The Morgan fingerprint density at radius 1 is 0.581 bits per heavy atom. The van der Waals surface area contributed by atoms with E-state index in [0.717, 1.165) is 39.2 Å². The molecule has 1 spiro atoms. The molecule has 0 radical (unpaired) electrons. The summed E-state index contributed by atoms with van der Waals surface area (Å²) in [4.78, 5) is 3.68. The first kappa shape index (κ1) is 26.0. The van der Waals surface area contributed by atoms with Gasteiger partial charge in [0.15, 0.2) is 5.69 Å². The van der Waals surface area contributed by atoms with Gasteiger partial charge in [-0.2, -0.15) is 0 Å². The van der Waals surface area contributed by atoms with Crippen LogP contribution in [0.25, 0.3) is 27.1 Å². The summed E-state index contributed by atoms with van der Waals surface area (Å²) in [5.41, 5.74) is 9.18. The number of fused-ring (bicyclic) bond motifs is 9. The number of hydrogen-bond acceptors (Lipinski definition) is 3. The highest BCUT2D eigenvalue weighted by molar-refractivity contribution is 6.62. The molecule has 5 aromatic rings. The van der Waals surface area contributed by atoms with Gasteiger partial charge in [0.05, 0.1) is 23.2 Å². The average molecular weight is 559 g/mol.